The van der Waals surface area contributed by atoms with E-state index < -0.39 is 16.6 Å². The lowest BCUT2D eigenvalue weighted by Gasteiger charge is -2.34. The largest absolute Gasteiger partial charge is 0.455 e. The lowest BCUT2D eigenvalue weighted by Crippen LogP contribution is -2.44. The first-order valence-corrected chi connectivity index (χ1v) is 17.0. The number of nitrogens with one attached hydrogen (secondary N) is 4. The highest BCUT2D eigenvalue weighted by Gasteiger charge is 2.32. The fourth-order valence-electron chi connectivity index (χ4n) is 3.19. The molecule has 0 saturated heterocycles. The quantitative estimate of drug-likeness (QED) is 0.125. The van der Waals surface area contributed by atoms with Gasteiger partial charge in [0.05, 0.1) is 0 Å². The minimum atomic E-state index is -1.56. The third-order valence-electron chi connectivity index (χ3n) is 4.42. The molecule has 0 aliphatic rings. The predicted molar refractivity (Wildman–Crippen MR) is 124 cm³/mol. The van der Waals surface area contributed by atoms with Crippen LogP contribution in [0.25, 0.3) is 0 Å². The third-order valence-corrected chi connectivity index (χ3v) is 12.0. The van der Waals surface area contributed by atoms with Crippen molar-refractivity contribution in [2.75, 3.05) is 65.4 Å². The van der Waals surface area contributed by atoms with E-state index in [0.717, 1.165) is 52.4 Å². The van der Waals surface area contributed by atoms with Gasteiger partial charge < -0.3 is 36.8 Å². The Bertz CT molecular complexity index is 305. The normalized spacial score (nSPS) is 12.7. The maximum atomic E-state index is 6.71. The summed E-state index contributed by atoms with van der Waals surface area (Å²) >= 11 is 0. The third kappa shape index (κ3) is 19.3. The van der Waals surface area contributed by atoms with Crippen LogP contribution in [-0.4, -0.2) is 82.1 Å². The predicted octanol–water partition coefficient (Wildman–Crippen LogP) is 0.469. The lowest BCUT2D eigenvalue weighted by molar-refractivity contribution is 0.522. The monoisotopic (exact) mass is 420 g/mol. The molecule has 0 fully saturated rings. The topological polar surface area (TPSA) is 109 Å². The minimum absolute atomic E-state index is 0.707. The van der Waals surface area contributed by atoms with Crippen LogP contribution >= 0.6 is 0 Å². The molecule has 0 unspecified atom stereocenters. The van der Waals surface area contributed by atoms with Gasteiger partial charge in [-0.05, 0) is 64.2 Å². The van der Waals surface area contributed by atoms with Crippen LogP contribution in [0.4, 0.5) is 0 Å². The van der Waals surface area contributed by atoms with Crippen molar-refractivity contribution in [1.29, 1.82) is 0 Å². The Balaban J connectivity index is 3.73. The average Bonchev–Trinajstić information content (AvgIpc) is 2.58. The SMILES string of the molecule is C[Si](C)(CCCNCCNCCN)O[Si](C)(C)CCCNCCNCCN. The summed E-state index contributed by atoms with van der Waals surface area (Å²) in [6, 6.07) is 2.47. The lowest BCUT2D eigenvalue weighted by atomic mass is 10.4. The summed E-state index contributed by atoms with van der Waals surface area (Å²) in [6.07, 6.45) is 2.41. The van der Waals surface area contributed by atoms with E-state index in [1.165, 1.54) is 24.9 Å². The van der Waals surface area contributed by atoms with E-state index >= 15 is 0 Å². The molecular formula is C18H48N6OSi2. The number of hydrogen-bond donors (Lipinski definition) is 6. The van der Waals surface area contributed by atoms with Crippen LogP contribution in [0.3, 0.4) is 0 Å². The second-order valence-corrected chi connectivity index (χ2v) is 17.3. The van der Waals surface area contributed by atoms with Crippen molar-refractivity contribution in [3.05, 3.63) is 0 Å². The van der Waals surface area contributed by atoms with Gasteiger partial charge >= 0.3 is 0 Å². The number of hydrogen-bond acceptors (Lipinski definition) is 7. The Morgan fingerprint density at radius 1 is 0.556 bits per heavy atom. The van der Waals surface area contributed by atoms with Gasteiger partial charge in [-0.1, -0.05) is 0 Å². The van der Waals surface area contributed by atoms with Crippen molar-refractivity contribution >= 4 is 16.6 Å². The fraction of sp³-hybridized carbons (Fsp3) is 1.00. The maximum Gasteiger partial charge on any atom is 0.173 e. The van der Waals surface area contributed by atoms with E-state index in [1.54, 1.807) is 0 Å². The molecular weight excluding hydrogens is 372 g/mol. The first kappa shape index (κ1) is 27.2. The number of nitrogens with two attached hydrogens (primary N) is 2. The van der Waals surface area contributed by atoms with E-state index in [2.05, 4.69) is 47.5 Å². The van der Waals surface area contributed by atoms with E-state index in [9.17, 15) is 0 Å². The molecule has 8 N–H and O–H groups in total. The molecule has 0 aliphatic heterocycles. The van der Waals surface area contributed by atoms with Crippen molar-refractivity contribution in [3.63, 3.8) is 0 Å². The molecule has 7 nitrogen and oxygen atoms in total. The second kappa shape index (κ2) is 17.0. The van der Waals surface area contributed by atoms with Gasteiger partial charge in [-0.25, -0.2) is 0 Å². The molecule has 0 aliphatic carbocycles. The number of rotatable bonds is 20. The Labute approximate surface area is 170 Å². The van der Waals surface area contributed by atoms with Gasteiger partial charge in [0.15, 0.2) is 16.6 Å². The summed E-state index contributed by atoms with van der Waals surface area (Å²) in [5.74, 6) is 0. The summed E-state index contributed by atoms with van der Waals surface area (Å²) in [5.41, 5.74) is 10.9. The maximum absolute atomic E-state index is 6.71. The summed E-state index contributed by atoms with van der Waals surface area (Å²) in [5, 5.41) is 13.6. The van der Waals surface area contributed by atoms with Crippen molar-refractivity contribution < 1.29 is 4.12 Å². The summed E-state index contributed by atoms with van der Waals surface area (Å²) < 4.78 is 6.71. The molecule has 0 aromatic rings. The first-order chi connectivity index (χ1) is 12.8. The summed E-state index contributed by atoms with van der Waals surface area (Å²) in [6.45, 7) is 18.9. The standard InChI is InChI=1S/C18H48N6OSi2/c1-26(2,17-5-9-21-13-15-23-11-7-19)25-27(3,4)18-6-10-22-14-16-24-12-8-20/h21-24H,5-20H2,1-4H3. The summed E-state index contributed by atoms with van der Waals surface area (Å²) in [4.78, 5) is 0. The van der Waals surface area contributed by atoms with Crippen molar-refractivity contribution in [3.8, 4) is 0 Å². The van der Waals surface area contributed by atoms with E-state index in [0.29, 0.717) is 13.1 Å². The van der Waals surface area contributed by atoms with Crippen LogP contribution in [0.5, 0.6) is 0 Å². The molecule has 0 heterocycles. The summed E-state index contributed by atoms with van der Waals surface area (Å²) in [7, 11) is -3.13. The molecule has 0 aromatic heterocycles. The van der Waals surface area contributed by atoms with Crippen molar-refractivity contribution in [1.82, 2.24) is 21.3 Å². The van der Waals surface area contributed by atoms with Crippen LogP contribution in [0.2, 0.25) is 38.3 Å². The van der Waals surface area contributed by atoms with Crippen LogP contribution in [0.1, 0.15) is 12.8 Å². The molecule has 0 bridgehead atoms. The highest BCUT2D eigenvalue weighted by atomic mass is 28.4. The van der Waals surface area contributed by atoms with Crippen LogP contribution in [0.15, 0.2) is 0 Å². The molecule has 164 valence electrons. The molecule has 0 rings (SSSR count). The van der Waals surface area contributed by atoms with Crippen molar-refractivity contribution in [2.24, 2.45) is 11.5 Å². The molecule has 9 heteroatoms. The van der Waals surface area contributed by atoms with Gasteiger partial charge in [0.25, 0.3) is 0 Å². The molecule has 0 amide bonds. The van der Waals surface area contributed by atoms with Gasteiger partial charge in [-0.15, -0.1) is 0 Å². The van der Waals surface area contributed by atoms with Gasteiger partial charge in [-0.2, -0.15) is 0 Å². The molecule has 0 spiro atoms. The Hall–Kier alpha value is 0.154. The van der Waals surface area contributed by atoms with Crippen molar-refractivity contribution in [2.45, 2.75) is 51.1 Å². The highest BCUT2D eigenvalue weighted by molar-refractivity contribution is 6.84. The van der Waals surface area contributed by atoms with E-state index in [1.807, 2.05) is 0 Å². The van der Waals surface area contributed by atoms with Gasteiger partial charge in [0.2, 0.25) is 0 Å². The molecule has 27 heavy (non-hydrogen) atoms. The Morgan fingerprint density at radius 2 is 0.889 bits per heavy atom. The van der Waals surface area contributed by atoms with E-state index in [4.69, 9.17) is 15.6 Å². The van der Waals surface area contributed by atoms with Gasteiger partial charge in [0, 0.05) is 52.4 Å². The van der Waals surface area contributed by atoms with Gasteiger partial charge in [-0.3, -0.25) is 0 Å². The average molecular weight is 421 g/mol. The second-order valence-electron chi connectivity index (χ2n) is 8.41. The fourth-order valence-corrected chi connectivity index (χ4v) is 12.0. The van der Waals surface area contributed by atoms with Crippen LogP contribution in [0, 0.1) is 0 Å². The van der Waals surface area contributed by atoms with E-state index in [-0.39, 0.29) is 0 Å². The Morgan fingerprint density at radius 3 is 1.22 bits per heavy atom. The molecule has 0 radical (unpaired) electrons. The zero-order valence-corrected chi connectivity index (χ0v) is 20.5. The Kier molecular flexibility index (Phi) is 17.1. The van der Waals surface area contributed by atoms with Crippen LogP contribution < -0.4 is 32.7 Å². The molecule has 0 atom stereocenters. The minimum Gasteiger partial charge on any atom is -0.455 e. The molecule has 0 saturated carbocycles. The highest BCUT2D eigenvalue weighted by Crippen LogP contribution is 2.23. The zero-order valence-electron chi connectivity index (χ0n) is 18.5. The van der Waals surface area contributed by atoms with Gasteiger partial charge in [0.1, 0.15) is 0 Å². The van der Waals surface area contributed by atoms with Crippen LogP contribution in [-0.2, 0) is 4.12 Å². The first-order valence-electron chi connectivity index (χ1n) is 10.8. The smallest absolute Gasteiger partial charge is 0.173 e. The zero-order chi connectivity index (χ0) is 20.4. The molecule has 0 aromatic carbocycles.